The standard InChI is InChI=1S/C20H24N2/c1-19(2,3)13-11-12-16-18(17(13)20(4,5)6)22-15-10-8-7-9-14(15)21-16/h7-12H,1-6H3. The van der Waals surface area contributed by atoms with Crippen LogP contribution in [0.25, 0.3) is 22.1 Å². The first-order valence-electron chi connectivity index (χ1n) is 7.88. The SMILES string of the molecule is CC(C)(C)c1ccc2nc3ccccc3nc2c1C(C)(C)C. The number of benzene rings is 2. The number of aromatic nitrogens is 2. The predicted molar refractivity (Wildman–Crippen MR) is 94.4 cm³/mol. The fraction of sp³-hybridized carbons (Fsp3) is 0.400. The van der Waals surface area contributed by atoms with Crippen LogP contribution in [0.1, 0.15) is 52.7 Å². The van der Waals surface area contributed by atoms with E-state index in [-0.39, 0.29) is 10.8 Å². The van der Waals surface area contributed by atoms with Crippen molar-refractivity contribution in [2.24, 2.45) is 0 Å². The van der Waals surface area contributed by atoms with Gasteiger partial charge in [-0.1, -0.05) is 59.7 Å². The molecule has 0 aliphatic rings. The van der Waals surface area contributed by atoms with Crippen LogP contribution in [0, 0.1) is 0 Å². The molecule has 114 valence electrons. The molecule has 0 atom stereocenters. The van der Waals surface area contributed by atoms with Crippen LogP contribution >= 0.6 is 0 Å². The van der Waals surface area contributed by atoms with Crippen molar-refractivity contribution in [3.05, 3.63) is 47.5 Å². The minimum atomic E-state index is 0.0270. The van der Waals surface area contributed by atoms with Crippen LogP contribution in [0.4, 0.5) is 0 Å². The van der Waals surface area contributed by atoms with Crippen molar-refractivity contribution < 1.29 is 0 Å². The molecule has 0 N–H and O–H groups in total. The molecule has 22 heavy (non-hydrogen) atoms. The molecular formula is C20H24N2. The Hall–Kier alpha value is -1.96. The molecule has 0 unspecified atom stereocenters. The number of hydrogen-bond acceptors (Lipinski definition) is 2. The molecule has 0 saturated carbocycles. The summed E-state index contributed by atoms with van der Waals surface area (Å²) in [6.45, 7) is 13.6. The fourth-order valence-electron chi connectivity index (χ4n) is 3.07. The Balaban J connectivity index is 2.48. The highest BCUT2D eigenvalue weighted by Crippen LogP contribution is 2.38. The Morgan fingerprint density at radius 1 is 0.636 bits per heavy atom. The van der Waals surface area contributed by atoms with E-state index in [9.17, 15) is 0 Å². The Kier molecular flexibility index (Phi) is 3.24. The quantitative estimate of drug-likeness (QED) is 0.520. The lowest BCUT2D eigenvalue weighted by atomic mass is 9.74. The normalized spacial score (nSPS) is 13.0. The maximum atomic E-state index is 4.96. The molecule has 0 amide bonds. The minimum absolute atomic E-state index is 0.0270. The van der Waals surface area contributed by atoms with E-state index >= 15 is 0 Å². The molecule has 1 heterocycles. The molecule has 0 aliphatic heterocycles. The van der Waals surface area contributed by atoms with Gasteiger partial charge in [0.25, 0.3) is 0 Å². The van der Waals surface area contributed by atoms with Crippen LogP contribution in [0.3, 0.4) is 0 Å². The minimum Gasteiger partial charge on any atom is -0.244 e. The van der Waals surface area contributed by atoms with E-state index in [2.05, 4.69) is 53.7 Å². The molecule has 0 bridgehead atoms. The predicted octanol–water partition coefficient (Wildman–Crippen LogP) is 5.38. The van der Waals surface area contributed by atoms with E-state index in [4.69, 9.17) is 9.97 Å². The lowest BCUT2D eigenvalue weighted by Crippen LogP contribution is -2.22. The third kappa shape index (κ3) is 2.47. The average molecular weight is 292 g/mol. The topological polar surface area (TPSA) is 25.8 Å². The summed E-state index contributed by atoms with van der Waals surface area (Å²) in [4.78, 5) is 9.77. The van der Waals surface area contributed by atoms with Crippen molar-refractivity contribution in [2.45, 2.75) is 52.4 Å². The smallest absolute Gasteiger partial charge is 0.0934 e. The Morgan fingerprint density at radius 2 is 1.23 bits per heavy atom. The molecule has 0 fully saturated rings. The lowest BCUT2D eigenvalue weighted by Gasteiger charge is -2.30. The molecule has 3 rings (SSSR count). The van der Waals surface area contributed by atoms with Crippen molar-refractivity contribution in [3.8, 4) is 0 Å². The first-order valence-corrected chi connectivity index (χ1v) is 7.88. The highest BCUT2D eigenvalue weighted by atomic mass is 14.8. The Labute approximate surface area is 132 Å². The zero-order chi connectivity index (χ0) is 16.1. The molecule has 1 aromatic heterocycles. The van der Waals surface area contributed by atoms with Crippen LogP contribution in [0.5, 0.6) is 0 Å². The highest BCUT2D eigenvalue weighted by molar-refractivity contribution is 5.89. The maximum Gasteiger partial charge on any atom is 0.0934 e. The molecule has 2 heteroatoms. The monoisotopic (exact) mass is 292 g/mol. The van der Waals surface area contributed by atoms with Gasteiger partial charge in [-0.3, -0.25) is 0 Å². The van der Waals surface area contributed by atoms with Crippen molar-refractivity contribution in [1.29, 1.82) is 0 Å². The number of fused-ring (bicyclic) bond motifs is 2. The Morgan fingerprint density at radius 3 is 1.77 bits per heavy atom. The van der Waals surface area contributed by atoms with Gasteiger partial charge in [0.05, 0.1) is 22.1 Å². The second kappa shape index (κ2) is 4.77. The first kappa shape index (κ1) is 15.0. The number of para-hydroxylation sites is 2. The molecule has 2 aromatic carbocycles. The summed E-state index contributed by atoms with van der Waals surface area (Å²) < 4.78 is 0. The second-order valence-electron chi connectivity index (χ2n) is 8.07. The van der Waals surface area contributed by atoms with Gasteiger partial charge in [-0.25, -0.2) is 9.97 Å². The summed E-state index contributed by atoms with van der Waals surface area (Å²) in [6.07, 6.45) is 0. The fourth-order valence-corrected chi connectivity index (χ4v) is 3.07. The van der Waals surface area contributed by atoms with E-state index in [1.807, 2.05) is 24.3 Å². The van der Waals surface area contributed by atoms with Gasteiger partial charge in [-0.15, -0.1) is 0 Å². The van der Waals surface area contributed by atoms with Crippen molar-refractivity contribution in [1.82, 2.24) is 9.97 Å². The van der Waals surface area contributed by atoms with Crippen molar-refractivity contribution in [2.75, 3.05) is 0 Å². The van der Waals surface area contributed by atoms with Gasteiger partial charge in [0.2, 0.25) is 0 Å². The maximum absolute atomic E-state index is 4.96. The summed E-state index contributed by atoms with van der Waals surface area (Å²) in [5.74, 6) is 0. The summed E-state index contributed by atoms with van der Waals surface area (Å²) in [7, 11) is 0. The van der Waals surface area contributed by atoms with E-state index in [0.717, 1.165) is 22.1 Å². The summed E-state index contributed by atoms with van der Waals surface area (Å²) in [5.41, 5.74) is 6.73. The lowest BCUT2D eigenvalue weighted by molar-refractivity contribution is 0.534. The molecule has 0 spiro atoms. The largest absolute Gasteiger partial charge is 0.244 e. The number of nitrogens with zero attached hydrogens (tertiary/aromatic N) is 2. The zero-order valence-electron chi connectivity index (χ0n) is 14.4. The van der Waals surface area contributed by atoms with Gasteiger partial charge in [0.1, 0.15) is 0 Å². The molecule has 0 aliphatic carbocycles. The van der Waals surface area contributed by atoms with E-state index in [1.54, 1.807) is 0 Å². The summed E-state index contributed by atoms with van der Waals surface area (Å²) in [5, 5.41) is 0. The molecule has 3 aromatic rings. The van der Waals surface area contributed by atoms with Crippen LogP contribution in [0.2, 0.25) is 0 Å². The summed E-state index contributed by atoms with van der Waals surface area (Å²) >= 11 is 0. The average Bonchev–Trinajstić information content (AvgIpc) is 2.41. The van der Waals surface area contributed by atoms with Gasteiger partial charge in [-0.05, 0) is 40.2 Å². The highest BCUT2D eigenvalue weighted by Gasteiger charge is 2.28. The van der Waals surface area contributed by atoms with Gasteiger partial charge in [-0.2, -0.15) is 0 Å². The third-order valence-electron chi connectivity index (χ3n) is 4.07. The first-order chi connectivity index (χ1) is 10.2. The summed E-state index contributed by atoms with van der Waals surface area (Å²) in [6, 6.07) is 12.4. The van der Waals surface area contributed by atoms with E-state index in [0.29, 0.717) is 0 Å². The van der Waals surface area contributed by atoms with Crippen LogP contribution in [-0.4, -0.2) is 9.97 Å². The Bertz CT molecular complexity index is 849. The molecule has 2 nitrogen and oxygen atoms in total. The van der Waals surface area contributed by atoms with Gasteiger partial charge in [0, 0.05) is 0 Å². The van der Waals surface area contributed by atoms with Crippen LogP contribution in [-0.2, 0) is 10.8 Å². The van der Waals surface area contributed by atoms with Gasteiger partial charge >= 0.3 is 0 Å². The van der Waals surface area contributed by atoms with Crippen LogP contribution < -0.4 is 0 Å². The van der Waals surface area contributed by atoms with Gasteiger partial charge < -0.3 is 0 Å². The van der Waals surface area contributed by atoms with Gasteiger partial charge in [0.15, 0.2) is 0 Å². The van der Waals surface area contributed by atoms with E-state index in [1.165, 1.54) is 11.1 Å². The zero-order valence-corrected chi connectivity index (χ0v) is 14.4. The number of rotatable bonds is 0. The molecule has 0 saturated heterocycles. The number of hydrogen-bond donors (Lipinski definition) is 0. The third-order valence-corrected chi connectivity index (χ3v) is 4.07. The van der Waals surface area contributed by atoms with E-state index < -0.39 is 0 Å². The van der Waals surface area contributed by atoms with Crippen molar-refractivity contribution in [3.63, 3.8) is 0 Å². The molecular weight excluding hydrogens is 268 g/mol. The van der Waals surface area contributed by atoms with Crippen molar-refractivity contribution >= 4 is 22.1 Å². The van der Waals surface area contributed by atoms with Crippen LogP contribution in [0.15, 0.2) is 36.4 Å². The molecule has 0 radical (unpaired) electrons. The second-order valence-corrected chi connectivity index (χ2v) is 8.07.